The van der Waals surface area contributed by atoms with Gasteiger partial charge in [0.25, 0.3) is 0 Å². The van der Waals surface area contributed by atoms with Gasteiger partial charge in [0.1, 0.15) is 17.5 Å². The molecular weight excluding hydrogens is 214 g/mol. The van der Waals surface area contributed by atoms with Crippen molar-refractivity contribution in [3.8, 4) is 11.8 Å². The number of nitrogens with one attached hydrogen (secondary N) is 1. The number of ether oxygens (including phenoxy) is 1. The molecule has 1 aliphatic rings. The fourth-order valence-electron chi connectivity index (χ4n) is 2.05. The maximum Gasteiger partial charge on any atom is 0.144 e. The van der Waals surface area contributed by atoms with Crippen LogP contribution < -0.4 is 10.1 Å². The number of rotatable bonds is 4. The largest absolute Gasteiger partial charge is 0.493 e. The molecule has 0 radical (unpaired) electrons. The summed E-state index contributed by atoms with van der Waals surface area (Å²) in [5.41, 5.74) is 0.401. The molecule has 0 aromatic carbocycles. The Bertz CT molecular complexity index is 394. The Hall–Kier alpha value is -1.60. The maximum atomic E-state index is 8.71. The highest BCUT2D eigenvalue weighted by atomic mass is 16.5. The molecule has 2 heterocycles. The first-order valence-electron chi connectivity index (χ1n) is 6.11. The molecule has 0 bridgehead atoms. The second-order valence-corrected chi connectivity index (χ2v) is 4.27. The zero-order chi connectivity index (χ0) is 11.9. The summed E-state index contributed by atoms with van der Waals surface area (Å²) in [5, 5.41) is 12.2. The Morgan fingerprint density at radius 1 is 1.53 bits per heavy atom. The van der Waals surface area contributed by atoms with Crippen LogP contribution in [0, 0.1) is 11.3 Å². The molecule has 1 N–H and O–H groups in total. The Morgan fingerprint density at radius 2 is 2.47 bits per heavy atom. The van der Waals surface area contributed by atoms with Crippen molar-refractivity contribution in [2.45, 2.75) is 31.7 Å². The molecule has 1 atom stereocenters. The molecule has 0 spiro atoms. The van der Waals surface area contributed by atoms with E-state index in [4.69, 9.17) is 10.00 Å². The van der Waals surface area contributed by atoms with Crippen molar-refractivity contribution < 1.29 is 4.74 Å². The van der Waals surface area contributed by atoms with Crippen molar-refractivity contribution in [2.75, 3.05) is 13.2 Å². The van der Waals surface area contributed by atoms with Crippen LogP contribution in [0.4, 0.5) is 0 Å². The number of nitrogens with zero attached hydrogens (tertiary/aromatic N) is 2. The zero-order valence-corrected chi connectivity index (χ0v) is 9.85. The second kappa shape index (κ2) is 6.21. The molecule has 1 aromatic rings. The topological polar surface area (TPSA) is 57.9 Å². The van der Waals surface area contributed by atoms with Crippen molar-refractivity contribution in [1.82, 2.24) is 10.3 Å². The molecular formula is C13H17N3O. The Labute approximate surface area is 102 Å². The Kier molecular flexibility index (Phi) is 4.34. The monoisotopic (exact) mass is 231 g/mol. The molecule has 0 amide bonds. The standard InChI is InChI=1S/C13H17N3O/c14-10-12-9-13(4-7-16-12)17-8-5-11-3-1-2-6-15-11/h4,7,9,11,15H,1-3,5-6,8H2. The first kappa shape index (κ1) is 11.9. The van der Waals surface area contributed by atoms with Crippen molar-refractivity contribution in [1.29, 1.82) is 5.26 Å². The lowest BCUT2D eigenvalue weighted by Gasteiger charge is -2.23. The fraction of sp³-hybridized carbons (Fsp3) is 0.538. The van der Waals surface area contributed by atoms with Gasteiger partial charge in [-0.3, -0.25) is 0 Å². The van der Waals surface area contributed by atoms with Crippen LogP contribution in [0.5, 0.6) is 5.75 Å². The Morgan fingerprint density at radius 3 is 3.24 bits per heavy atom. The normalized spacial score (nSPS) is 19.6. The van der Waals surface area contributed by atoms with E-state index in [-0.39, 0.29) is 0 Å². The minimum absolute atomic E-state index is 0.401. The molecule has 1 aliphatic heterocycles. The summed E-state index contributed by atoms with van der Waals surface area (Å²) in [4.78, 5) is 3.90. The number of pyridine rings is 1. The van der Waals surface area contributed by atoms with E-state index >= 15 is 0 Å². The molecule has 4 heteroatoms. The summed E-state index contributed by atoms with van der Waals surface area (Å²) < 4.78 is 5.62. The van der Waals surface area contributed by atoms with E-state index < -0.39 is 0 Å². The highest BCUT2D eigenvalue weighted by Crippen LogP contribution is 2.13. The molecule has 1 fully saturated rings. The van der Waals surface area contributed by atoms with Gasteiger partial charge in [0.05, 0.1) is 6.61 Å². The lowest BCUT2D eigenvalue weighted by atomic mass is 10.0. The van der Waals surface area contributed by atoms with Gasteiger partial charge in [0.2, 0.25) is 0 Å². The molecule has 2 rings (SSSR count). The van der Waals surface area contributed by atoms with Crippen LogP contribution in [0.25, 0.3) is 0 Å². The van der Waals surface area contributed by atoms with Gasteiger partial charge in [-0.25, -0.2) is 4.98 Å². The molecule has 4 nitrogen and oxygen atoms in total. The highest BCUT2D eigenvalue weighted by molar-refractivity contribution is 5.29. The predicted octanol–water partition coefficient (Wildman–Crippen LogP) is 1.86. The van der Waals surface area contributed by atoms with Crippen molar-refractivity contribution in [3.05, 3.63) is 24.0 Å². The quantitative estimate of drug-likeness (QED) is 0.859. The third kappa shape index (κ3) is 3.72. The van der Waals surface area contributed by atoms with Crippen molar-refractivity contribution in [3.63, 3.8) is 0 Å². The summed E-state index contributed by atoms with van der Waals surface area (Å²) >= 11 is 0. The van der Waals surface area contributed by atoms with E-state index in [0.29, 0.717) is 18.3 Å². The third-order valence-electron chi connectivity index (χ3n) is 2.99. The van der Waals surface area contributed by atoms with Gasteiger partial charge in [-0.05, 0) is 31.9 Å². The lowest BCUT2D eigenvalue weighted by molar-refractivity contribution is 0.268. The SMILES string of the molecule is N#Cc1cc(OCCC2CCCCN2)ccn1. The summed E-state index contributed by atoms with van der Waals surface area (Å²) in [6.07, 6.45) is 6.46. The maximum absolute atomic E-state index is 8.71. The smallest absolute Gasteiger partial charge is 0.144 e. The predicted molar refractivity (Wildman–Crippen MR) is 64.7 cm³/mol. The fourth-order valence-corrected chi connectivity index (χ4v) is 2.05. The van der Waals surface area contributed by atoms with Gasteiger partial charge in [0, 0.05) is 18.3 Å². The second-order valence-electron chi connectivity index (χ2n) is 4.27. The van der Waals surface area contributed by atoms with Crippen LogP contribution >= 0.6 is 0 Å². The summed E-state index contributed by atoms with van der Waals surface area (Å²) in [7, 11) is 0. The Balaban J connectivity index is 1.75. The van der Waals surface area contributed by atoms with Crippen LogP contribution in [0.15, 0.2) is 18.3 Å². The molecule has 1 saturated heterocycles. The first-order valence-corrected chi connectivity index (χ1v) is 6.11. The molecule has 17 heavy (non-hydrogen) atoms. The van der Waals surface area contributed by atoms with Crippen LogP contribution in [0.3, 0.4) is 0 Å². The van der Waals surface area contributed by atoms with Gasteiger partial charge in [-0.15, -0.1) is 0 Å². The average Bonchev–Trinajstić information content (AvgIpc) is 2.40. The van der Waals surface area contributed by atoms with Crippen molar-refractivity contribution in [2.24, 2.45) is 0 Å². The third-order valence-corrected chi connectivity index (χ3v) is 2.99. The van der Waals surface area contributed by atoms with E-state index in [9.17, 15) is 0 Å². The van der Waals surface area contributed by atoms with Gasteiger partial charge in [-0.1, -0.05) is 6.42 Å². The van der Waals surface area contributed by atoms with E-state index in [1.165, 1.54) is 19.3 Å². The number of piperidine rings is 1. The number of hydrogen-bond donors (Lipinski definition) is 1. The first-order chi connectivity index (χ1) is 8.38. The molecule has 0 saturated carbocycles. The van der Waals surface area contributed by atoms with Crippen LogP contribution in [0.1, 0.15) is 31.4 Å². The molecule has 90 valence electrons. The van der Waals surface area contributed by atoms with E-state index in [1.54, 1.807) is 18.3 Å². The number of nitriles is 1. The minimum Gasteiger partial charge on any atom is -0.493 e. The minimum atomic E-state index is 0.401. The van der Waals surface area contributed by atoms with E-state index in [0.717, 1.165) is 18.7 Å². The van der Waals surface area contributed by atoms with E-state index in [1.807, 2.05) is 6.07 Å². The summed E-state index contributed by atoms with van der Waals surface area (Å²) in [6.45, 7) is 1.81. The van der Waals surface area contributed by atoms with Gasteiger partial charge >= 0.3 is 0 Å². The van der Waals surface area contributed by atoms with Crippen LogP contribution in [-0.2, 0) is 0 Å². The molecule has 0 aliphatic carbocycles. The highest BCUT2D eigenvalue weighted by Gasteiger charge is 2.11. The zero-order valence-electron chi connectivity index (χ0n) is 9.85. The van der Waals surface area contributed by atoms with Crippen LogP contribution in [0.2, 0.25) is 0 Å². The lowest BCUT2D eigenvalue weighted by Crippen LogP contribution is -2.35. The molecule has 1 aromatic heterocycles. The molecule has 1 unspecified atom stereocenters. The number of aromatic nitrogens is 1. The average molecular weight is 231 g/mol. The van der Waals surface area contributed by atoms with Gasteiger partial charge in [-0.2, -0.15) is 5.26 Å². The van der Waals surface area contributed by atoms with Gasteiger partial charge < -0.3 is 10.1 Å². The van der Waals surface area contributed by atoms with Gasteiger partial charge in [0.15, 0.2) is 0 Å². The van der Waals surface area contributed by atoms with Crippen LogP contribution in [-0.4, -0.2) is 24.2 Å². The summed E-state index contributed by atoms with van der Waals surface area (Å²) in [5.74, 6) is 0.729. The number of hydrogen-bond acceptors (Lipinski definition) is 4. The summed E-state index contributed by atoms with van der Waals surface area (Å²) in [6, 6.07) is 6.05. The van der Waals surface area contributed by atoms with Crippen molar-refractivity contribution >= 4 is 0 Å². The van der Waals surface area contributed by atoms with E-state index in [2.05, 4.69) is 10.3 Å².